The largest absolute Gasteiger partial charge is 0.494 e. The number of hydrogen-bond donors (Lipinski definition) is 2. The predicted octanol–water partition coefficient (Wildman–Crippen LogP) is 4.73. The van der Waals surface area contributed by atoms with Gasteiger partial charge in [0.05, 0.1) is 6.61 Å². The van der Waals surface area contributed by atoms with Crippen LogP contribution in [0.15, 0.2) is 24.3 Å². The Morgan fingerprint density at radius 2 is 1.57 bits per heavy atom. The zero-order chi connectivity index (χ0) is 15.3. The maximum atomic E-state index is 5.70. The van der Waals surface area contributed by atoms with Gasteiger partial charge in [0.1, 0.15) is 5.75 Å². The van der Waals surface area contributed by atoms with Gasteiger partial charge in [-0.1, -0.05) is 64.0 Å². The van der Waals surface area contributed by atoms with Crippen LogP contribution in [0.4, 0.5) is 0 Å². The van der Waals surface area contributed by atoms with Crippen molar-refractivity contribution in [3.05, 3.63) is 29.8 Å². The lowest BCUT2D eigenvalue weighted by atomic mass is 10.00. The summed E-state index contributed by atoms with van der Waals surface area (Å²) in [6, 6.07) is 8.51. The maximum absolute atomic E-state index is 5.70. The third-order valence-electron chi connectivity index (χ3n) is 3.89. The number of nitrogens with one attached hydrogen (secondary N) is 1. The first kappa shape index (κ1) is 18.0. The second-order valence-electron chi connectivity index (χ2n) is 5.63. The average Bonchev–Trinajstić information content (AvgIpc) is 2.52. The van der Waals surface area contributed by atoms with Crippen LogP contribution in [0, 0.1) is 0 Å². The van der Waals surface area contributed by atoms with E-state index in [1.807, 2.05) is 19.1 Å². The van der Waals surface area contributed by atoms with Crippen LogP contribution in [-0.2, 0) is 0 Å². The Morgan fingerprint density at radius 3 is 2.14 bits per heavy atom. The molecule has 0 aliphatic carbocycles. The van der Waals surface area contributed by atoms with Crippen molar-refractivity contribution in [2.75, 3.05) is 6.61 Å². The van der Waals surface area contributed by atoms with Gasteiger partial charge in [-0.05, 0) is 31.0 Å². The molecule has 0 aliphatic rings. The van der Waals surface area contributed by atoms with Gasteiger partial charge >= 0.3 is 0 Å². The molecule has 120 valence electrons. The van der Waals surface area contributed by atoms with Gasteiger partial charge in [0.2, 0.25) is 0 Å². The zero-order valence-corrected chi connectivity index (χ0v) is 13.7. The molecule has 0 heterocycles. The molecule has 1 rings (SSSR count). The third kappa shape index (κ3) is 7.49. The molecule has 3 N–H and O–H groups in total. The van der Waals surface area contributed by atoms with E-state index in [0.29, 0.717) is 6.61 Å². The second kappa shape index (κ2) is 11.6. The summed E-state index contributed by atoms with van der Waals surface area (Å²) in [5.74, 6) is 6.62. The molecule has 1 aromatic carbocycles. The fourth-order valence-corrected chi connectivity index (χ4v) is 2.61. The quantitative estimate of drug-likeness (QED) is 0.332. The summed E-state index contributed by atoms with van der Waals surface area (Å²) >= 11 is 0. The van der Waals surface area contributed by atoms with Crippen molar-refractivity contribution in [3.8, 4) is 5.75 Å². The van der Waals surface area contributed by atoms with Crippen molar-refractivity contribution in [1.29, 1.82) is 0 Å². The van der Waals surface area contributed by atoms with Gasteiger partial charge in [-0.3, -0.25) is 11.3 Å². The molecule has 1 aromatic rings. The summed E-state index contributed by atoms with van der Waals surface area (Å²) in [5, 5.41) is 0. The summed E-state index contributed by atoms with van der Waals surface area (Å²) in [4.78, 5) is 0. The number of unbranched alkanes of at least 4 members (excludes halogenated alkanes) is 6. The Balaban J connectivity index is 2.27. The molecule has 0 amide bonds. The third-order valence-corrected chi connectivity index (χ3v) is 3.89. The van der Waals surface area contributed by atoms with Gasteiger partial charge in [0.15, 0.2) is 0 Å². The molecule has 3 heteroatoms. The van der Waals surface area contributed by atoms with Crippen LogP contribution in [0.3, 0.4) is 0 Å². The molecule has 0 radical (unpaired) electrons. The van der Waals surface area contributed by atoms with Gasteiger partial charge in [0, 0.05) is 6.04 Å². The number of hydrogen-bond acceptors (Lipinski definition) is 3. The Kier molecular flexibility index (Phi) is 9.92. The van der Waals surface area contributed by atoms with E-state index in [0.717, 1.165) is 12.2 Å². The van der Waals surface area contributed by atoms with E-state index < -0.39 is 0 Å². The van der Waals surface area contributed by atoms with Gasteiger partial charge < -0.3 is 4.74 Å². The standard InChI is InChI=1S/C18H32N2O/c1-3-5-6-7-8-9-10-11-18(20-19)16-12-14-17(15-13-16)21-4-2/h12-15,18,20H,3-11,19H2,1-2H3. The molecule has 0 spiro atoms. The first-order valence-corrected chi connectivity index (χ1v) is 8.50. The van der Waals surface area contributed by atoms with E-state index in [1.54, 1.807) is 0 Å². The fourth-order valence-electron chi connectivity index (χ4n) is 2.61. The van der Waals surface area contributed by atoms with Crippen LogP contribution in [0.2, 0.25) is 0 Å². The lowest BCUT2D eigenvalue weighted by Crippen LogP contribution is -2.27. The summed E-state index contributed by atoms with van der Waals surface area (Å²) < 4.78 is 5.47. The molecule has 3 nitrogen and oxygen atoms in total. The Morgan fingerprint density at radius 1 is 0.952 bits per heavy atom. The SMILES string of the molecule is CCCCCCCCCC(NN)c1ccc(OCC)cc1. The highest BCUT2D eigenvalue weighted by Gasteiger charge is 2.09. The number of benzene rings is 1. The van der Waals surface area contributed by atoms with E-state index >= 15 is 0 Å². The molecule has 0 saturated carbocycles. The van der Waals surface area contributed by atoms with E-state index in [4.69, 9.17) is 10.6 Å². The van der Waals surface area contributed by atoms with Gasteiger partial charge in [-0.2, -0.15) is 0 Å². The molecule has 0 aliphatic heterocycles. The van der Waals surface area contributed by atoms with Crippen molar-refractivity contribution in [2.45, 2.75) is 71.3 Å². The number of ether oxygens (including phenoxy) is 1. The minimum Gasteiger partial charge on any atom is -0.494 e. The van der Waals surface area contributed by atoms with Crippen LogP contribution in [0.25, 0.3) is 0 Å². The van der Waals surface area contributed by atoms with Crippen LogP contribution in [0.1, 0.15) is 76.8 Å². The monoisotopic (exact) mass is 292 g/mol. The molecular formula is C18H32N2O. The highest BCUT2D eigenvalue weighted by molar-refractivity contribution is 5.29. The van der Waals surface area contributed by atoms with E-state index in [9.17, 15) is 0 Å². The molecule has 21 heavy (non-hydrogen) atoms. The van der Waals surface area contributed by atoms with Crippen molar-refractivity contribution in [2.24, 2.45) is 5.84 Å². The van der Waals surface area contributed by atoms with Gasteiger partial charge in [-0.25, -0.2) is 0 Å². The van der Waals surface area contributed by atoms with Crippen LogP contribution in [0.5, 0.6) is 5.75 Å². The normalized spacial score (nSPS) is 12.3. The zero-order valence-electron chi connectivity index (χ0n) is 13.7. The average molecular weight is 292 g/mol. The lowest BCUT2D eigenvalue weighted by molar-refractivity contribution is 0.340. The Hall–Kier alpha value is -1.06. The van der Waals surface area contributed by atoms with Crippen LogP contribution in [-0.4, -0.2) is 6.61 Å². The minimum absolute atomic E-state index is 0.247. The highest BCUT2D eigenvalue weighted by atomic mass is 16.5. The minimum atomic E-state index is 0.247. The Labute approximate surface area is 130 Å². The van der Waals surface area contributed by atoms with Crippen molar-refractivity contribution in [3.63, 3.8) is 0 Å². The van der Waals surface area contributed by atoms with E-state index in [1.165, 1.54) is 50.5 Å². The van der Waals surface area contributed by atoms with Crippen LogP contribution >= 0.6 is 0 Å². The molecular weight excluding hydrogens is 260 g/mol. The first-order valence-electron chi connectivity index (χ1n) is 8.50. The molecule has 0 saturated heterocycles. The summed E-state index contributed by atoms with van der Waals surface area (Å²) in [5.41, 5.74) is 4.18. The van der Waals surface area contributed by atoms with E-state index in [2.05, 4.69) is 24.5 Å². The second-order valence-corrected chi connectivity index (χ2v) is 5.63. The molecule has 1 unspecified atom stereocenters. The van der Waals surface area contributed by atoms with Crippen LogP contribution < -0.4 is 16.0 Å². The smallest absolute Gasteiger partial charge is 0.119 e. The Bertz CT molecular complexity index is 351. The van der Waals surface area contributed by atoms with Gasteiger partial charge in [0.25, 0.3) is 0 Å². The van der Waals surface area contributed by atoms with Gasteiger partial charge in [-0.15, -0.1) is 0 Å². The van der Waals surface area contributed by atoms with E-state index in [-0.39, 0.29) is 6.04 Å². The summed E-state index contributed by atoms with van der Waals surface area (Å²) in [6.45, 7) is 4.96. The first-order chi connectivity index (χ1) is 10.3. The van der Waals surface area contributed by atoms with Crippen molar-refractivity contribution >= 4 is 0 Å². The molecule has 1 atom stereocenters. The molecule has 0 aromatic heterocycles. The molecule has 0 fully saturated rings. The number of rotatable bonds is 12. The maximum Gasteiger partial charge on any atom is 0.119 e. The number of hydrazine groups is 1. The van der Waals surface area contributed by atoms with Crippen molar-refractivity contribution in [1.82, 2.24) is 5.43 Å². The fraction of sp³-hybridized carbons (Fsp3) is 0.667. The lowest BCUT2D eigenvalue weighted by Gasteiger charge is -2.16. The topological polar surface area (TPSA) is 47.3 Å². The van der Waals surface area contributed by atoms with Crippen molar-refractivity contribution < 1.29 is 4.74 Å². The molecule has 0 bridgehead atoms. The number of nitrogens with two attached hydrogens (primary N) is 1. The highest BCUT2D eigenvalue weighted by Crippen LogP contribution is 2.22. The predicted molar refractivity (Wildman–Crippen MR) is 90.3 cm³/mol. The summed E-state index contributed by atoms with van der Waals surface area (Å²) in [7, 11) is 0. The summed E-state index contributed by atoms with van der Waals surface area (Å²) in [6.07, 6.45) is 10.4.